The standard InChI is InChI=1S/C16H32N2/c1-3-15-7-5-10-18(11-8-15)13-16(17)9-4-6-14(2)12-16/h14-15H,3-13,17H2,1-2H3. The van der Waals surface area contributed by atoms with E-state index in [9.17, 15) is 0 Å². The fourth-order valence-corrected chi connectivity index (χ4v) is 4.08. The highest BCUT2D eigenvalue weighted by Crippen LogP contribution is 2.32. The van der Waals surface area contributed by atoms with E-state index in [0.29, 0.717) is 0 Å². The summed E-state index contributed by atoms with van der Waals surface area (Å²) in [6.45, 7) is 8.42. The largest absolute Gasteiger partial charge is 0.324 e. The number of nitrogens with two attached hydrogens (primary N) is 1. The van der Waals surface area contributed by atoms with Crippen molar-refractivity contribution in [2.45, 2.75) is 70.8 Å². The zero-order valence-corrected chi connectivity index (χ0v) is 12.5. The average molecular weight is 252 g/mol. The molecule has 2 fully saturated rings. The molecule has 1 aliphatic carbocycles. The van der Waals surface area contributed by atoms with Gasteiger partial charge in [0, 0.05) is 12.1 Å². The molecule has 2 heteroatoms. The summed E-state index contributed by atoms with van der Waals surface area (Å²) >= 11 is 0. The molecule has 0 spiro atoms. The fraction of sp³-hybridized carbons (Fsp3) is 1.00. The van der Waals surface area contributed by atoms with Crippen molar-refractivity contribution in [3.63, 3.8) is 0 Å². The van der Waals surface area contributed by atoms with E-state index >= 15 is 0 Å². The minimum Gasteiger partial charge on any atom is -0.324 e. The molecule has 1 heterocycles. The normalized spacial score (nSPS) is 39.5. The van der Waals surface area contributed by atoms with Crippen LogP contribution in [0.4, 0.5) is 0 Å². The summed E-state index contributed by atoms with van der Waals surface area (Å²) in [6, 6.07) is 0. The molecule has 0 aromatic heterocycles. The van der Waals surface area contributed by atoms with Crippen molar-refractivity contribution in [2.75, 3.05) is 19.6 Å². The Kier molecular flexibility index (Phi) is 5.08. The van der Waals surface area contributed by atoms with Gasteiger partial charge in [0.1, 0.15) is 0 Å². The number of nitrogens with zero attached hydrogens (tertiary/aromatic N) is 1. The minimum atomic E-state index is 0.115. The fourth-order valence-electron chi connectivity index (χ4n) is 4.08. The Labute approximate surface area is 113 Å². The molecule has 2 aliphatic rings. The van der Waals surface area contributed by atoms with Crippen LogP contribution in [0, 0.1) is 11.8 Å². The molecule has 0 radical (unpaired) electrons. The third kappa shape index (κ3) is 3.96. The molecular weight excluding hydrogens is 220 g/mol. The Hall–Kier alpha value is -0.0800. The lowest BCUT2D eigenvalue weighted by Gasteiger charge is -2.40. The average Bonchev–Trinajstić information content (AvgIpc) is 2.53. The predicted molar refractivity (Wildman–Crippen MR) is 78.6 cm³/mol. The van der Waals surface area contributed by atoms with E-state index in [1.165, 1.54) is 64.5 Å². The van der Waals surface area contributed by atoms with E-state index in [-0.39, 0.29) is 5.54 Å². The maximum atomic E-state index is 6.66. The molecule has 1 saturated carbocycles. The van der Waals surface area contributed by atoms with E-state index < -0.39 is 0 Å². The third-order valence-corrected chi connectivity index (χ3v) is 5.18. The quantitative estimate of drug-likeness (QED) is 0.834. The van der Waals surface area contributed by atoms with Gasteiger partial charge in [0.15, 0.2) is 0 Å². The van der Waals surface area contributed by atoms with Gasteiger partial charge in [-0.1, -0.05) is 33.1 Å². The second-order valence-electron chi connectivity index (χ2n) is 7.05. The zero-order chi connectivity index (χ0) is 13.0. The number of hydrogen-bond acceptors (Lipinski definition) is 2. The van der Waals surface area contributed by atoms with Gasteiger partial charge >= 0.3 is 0 Å². The van der Waals surface area contributed by atoms with Crippen LogP contribution in [-0.2, 0) is 0 Å². The first-order valence-corrected chi connectivity index (χ1v) is 8.12. The molecular formula is C16H32N2. The van der Waals surface area contributed by atoms with Gasteiger partial charge < -0.3 is 10.6 Å². The van der Waals surface area contributed by atoms with Crippen LogP contribution in [0.15, 0.2) is 0 Å². The van der Waals surface area contributed by atoms with Crippen molar-refractivity contribution in [1.29, 1.82) is 0 Å². The van der Waals surface area contributed by atoms with Crippen molar-refractivity contribution in [3.8, 4) is 0 Å². The van der Waals surface area contributed by atoms with Crippen LogP contribution in [0.5, 0.6) is 0 Å². The van der Waals surface area contributed by atoms with Crippen molar-refractivity contribution in [1.82, 2.24) is 4.90 Å². The van der Waals surface area contributed by atoms with E-state index in [2.05, 4.69) is 18.7 Å². The molecule has 18 heavy (non-hydrogen) atoms. The molecule has 0 aromatic carbocycles. The number of rotatable bonds is 3. The van der Waals surface area contributed by atoms with E-state index in [0.717, 1.165) is 18.4 Å². The number of hydrogen-bond donors (Lipinski definition) is 1. The van der Waals surface area contributed by atoms with Crippen LogP contribution in [-0.4, -0.2) is 30.1 Å². The Bertz CT molecular complexity index is 253. The second-order valence-corrected chi connectivity index (χ2v) is 7.05. The van der Waals surface area contributed by atoms with Crippen LogP contribution < -0.4 is 5.73 Å². The monoisotopic (exact) mass is 252 g/mol. The molecule has 3 unspecified atom stereocenters. The van der Waals surface area contributed by atoms with Crippen molar-refractivity contribution < 1.29 is 0 Å². The molecule has 0 aromatic rings. The van der Waals surface area contributed by atoms with Crippen LogP contribution >= 0.6 is 0 Å². The Morgan fingerprint density at radius 2 is 2.00 bits per heavy atom. The van der Waals surface area contributed by atoms with Crippen molar-refractivity contribution >= 4 is 0 Å². The Morgan fingerprint density at radius 3 is 2.72 bits per heavy atom. The highest BCUT2D eigenvalue weighted by molar-refractivity contribution is 4.92. The predicted octanol–water partition coefficient (Wildman–Crippen LogP) is 3.41. The topological polar surface area (TPSA) is 29.3 Å². The molecule has 3 atom stereocenters. The van der Waals surface area contributed by atoms with Crippen LogP contribution in [0.1, 0.15) is 65.2 Å². The number of likely N-dealkylation sites (tertiary alicyclic amines) is 1. The van der Waals surface area contributed by atoms with E-state index in [1.54, 1.807) is 0 Å². The summed E-state index contributed by atoms with van der Waals surface area (Å²) in [5.74, 6) is 1.80. The second kappa shape index (κ2) is 6.38. The first-order valence-electron chi connectivity index (χ1n) is 8.12. The maximum Gasteiger partial charge on any atom is 0.0285 e. The summed E-state index contributed by atoms with van der Waals surface area (Å²) in [4.78, 5) is 2.66. The first-order chi connectivity index (χ1) is 8.61. The molecule has 0 amide bonds. The molecule has 0 bridgehead atoms. The Morgan fingerprint density at radius 1 is 1.17 bits per heavy atom. The van der Waals surface area contributed by atoms with Gasteiger partial charge in [0.2, 0.25) is 0 Å². The van der Waals surface area contributed by atoms with Crippen molar-refractivity contribution in [3.05, 3.63) is 0 Å². The van der Waals surface area contributed by atoms with Gasteiger partial charge in [-0.05, 0) is 57.0 Å². The SMILES string of the molecule is CCC1CCCN(CC2(N)CCCC(C)C2)CC1. The molecule has 2 rings (SSSR count). The van der Waals surface area contributed by atoms with E-state index in [4.69, 9.17) is 5.73 Å². The first kappa shape index (κ1) is 14.3. The van der Waals surface area contributed by atoms with Crippen LogP contribution in [0.2, 0.25) is 0 Å². The third-order valence-electron chi connectivity index (χ3n) is 5.18. The Balaban J connectivity index is 1.84. The van der Waals surface area contributed by atoms with Gasteiger partial charge in [-0.25, -0.2) is 0 Å². The van der Waals surface area contributed by atoms with Gasteiger partial charge in [-0.2, -0.15) is 0 Å². The summed E-state index contributed by atoms with van der Waals surface area (Å²) in [7, 11) is 0. The molecule has 2 nitrogen and oxygen atoms in total. The highest BCUT2D eigenvalue weighted by atomic mass is 15.1. The zero-order valence-electron chi connectivity index (χ0n) is 12.5. The summed E-state index contributed by atoms with van der Waals surface area (Å²) in [5.41, 5.74) is 6.77. The summed E-state index contributed by atoms with van der Waals surface area (Å²) in [6.07, 6.45) is 10.8. The van der Waals surface area contributed by atoms with Gasteiger partial charge in [0.05, 0.1) is 0 Å². The molecule has 1 saturated heterocycles. The lowest BCUT2D eigenvalue weighted by Crippen LogP contribution is -2.53. The molecule has 1 aliphatic heterocycles. The lowest BCUT2D eigenvalue weighted by molar-refractivity contribution is 0.152. The lowest BCUT2D eigenvalue weighted by atomic mass is 9.77. The van der Waals surface area contributed by atoms with Crippen molar-refractivity contribution in [2.24, 2.45) is 17.6 Å². The van der Waals surface area contributed by atoms with E-state index in [1.807, 2.05) is 0 Å². The van der Waals surface area contributed by atoms with Crippen LogP contribution in [0.25, 0.3) is 0 Å². The molecule has 106 valence electrons. The van der Waals surface area contributed by atoms with Gasteiger partial charge in [0.25, 0.3) is 0 Å². The van der Waals surface area contributed by atoms with Gasteiger partial charge in [-0.3, -0.25) is 0 Å². The summed E-state index contributed by atoms with van der Waals surface area (Å²) < 4.78 is 0. The maximum absolute atomic E-state index is 6.66. The minimum absolute atomic E-state index is 0.115. The molecule has 2 N–H and O–H groups in total. The van der Waals surface area contributed by atoms with Gasteiger partial charge in [-0.15, -0.1) is 0 Å². The highest BCUT2D eigenvalue weighted by Gasteiger charge is 2.33. The van der Waals surface area contributed by atoms with Crippen LogP contribution in [0.3, 0.4) is 0 Å². The summed E-state index contributed by atoms with van der Waals surface area (Å²) in [5, 5.41) is 0. The smallest absolute Gasteiger partial charge is 0.0285 e.